The van der Waals surface area contributed by atoms with Crippen LogP contribution in [0.2, 0.25) is 0 Å². The number of rotatable bonds is 9. The van der Waals surface area contributed by atoms with Crippen LogP contribution in [0.25, 0.3) is 23.2 Å². The van der Waals surface area contributed by atoms with Crippen molar-refractivity contribution in [2.75, 3.05) is 12.9 Å². The maximum Gasteiger partial charge on any atom is 0.250 e. The number of allylic oxidation sites excluding steroid dienone is 1. The standard InChI is InChI=1S/C26H23N5O2S/c1-33-23-17-9-8-11-20(23)14-10-18-27-28-24(32)19-34-26-30-29-25(21-12-4-2-5-13-21)31(26)22-15-6-3-7-16-22/h2-18H,19H2,1H3,(H,28,32). The second-order valence-corrected chi connectivity index (χ2v) is 7.99. The average molecular weight is 470 g/mol. The fraction of sp³-hybridized carbons (Fsp3) is 0.0769. The number of ether oxygens (including phenoxy) is 1. The van der Waals surface area contributed by atoms with E-state index >= 15 is 0 Å². The third-order valence-corrected chi connectivity index (χ3v) is 5.71. The van der Waals surface area contributed by atoms with Crippen LogP contribution in [0.15, 0.2) is 101 Å². The summed E-state index contributed by atoms with van der Waals surface area (Å²) in [6, 6.07) is 27.3. The van der Waals surface area contributed by atoms with Gasteiger partial charge in [-0.2, -0.15) is 5.10 Å². The number of carbonyl (C=O) groups excluding carboxylic acids is 1. The van der Waals surface area contributed by atoms with Crippen LogP contribution in [-0.2, 0) is 4.79 Å². The van der Waals surface area contributed by atoms with Gasteiger partial charge in [0.05, 0.1) is 12.9 Å². The molecule has 170 valence electrons. The first-order chi connectivity index (χ1) is 16.8. The summed E-state index contributed by atoms with van der Waals surface area (Å²) >= 11 is 1.30. The number of amides is 1. The van der Waals surface area contributed by atoms with E-state index in [9.17, 15) is 4.79 Å². The normalized spacial score (nSPS) is 11.2. The van der Waals surface area contributed by atoms with Crippen molar-refractivity contribution in [2.24, 2.45) is 5.10 Å². The van der Waals surface area contributed by atoms with Crippen molar-refractivity contribution >= 4 is 30.0 Å². The van der Waals surface area contributed by atoms with Crippen LogP contribution < -0.4 is 10.2 Å². The monoisotopic (exact) mass is 469 g/mol. The Labute approximate surface area is 202 Å². The zero-order chi connectivity index (χ0) is 23.6. The molecule has 1 aromatic heterocycles. The highest BCUT2D eigenvalue weighted by Gasteiger charge is 2.16. The molecule has 1 amide bonds. The summed E-state index contributed by atoms with van der Waals surface area (Å²) in [5.74, 6) is 1.39. The number of para-hydroxylation sites is 2. The molecule has 0 saturated heterocycles. The SMILES string of the molecule is COc1ccccc1C=CC=NNC(=O)CSc1nnc(-c2ccccc2)n1-c1ccccc1. The lowest BCUT2D eigenvalue weighted by atomic mass is 10.2. The summed E-state index contributed by atoms with van der Waals surface area (Å²) < 4.78 is 7.26. The Morgan fingerprint density at radius 3 is 2.47 bits per heavy atom. The Bertz CT molecular complexity index is 1290. The van der Waals surface area contributed by atoms with Crippen molar-refractivity contribution in [3.63, 3.8) is 0 Å². The number of aromatic nitrogens is 3. The molecule has 0 aliphatic rings. The Hall–Kier alpha value is -4.17. The Morgan fingerprint density at radius 1 is 1.00 bits per heavy atom. The molecule has 4 rings (SSSR count). The van der Waals surface area contributed by atoms with Crippen molar-refractivity contribution in [1.82, 2.24) is 20.2 Å². The molecule has 0 atom stereocenters. The van der Waals surface area contributed by atoms with Crippen LogP contribution in [-0.4, -0.2) is 39.7 Å². The fourth-order valence-electron chi connectivity index (χ4n) is 3.21. The van der Waals surface area contributed by atoms with E-state index in [1.807, 2.05) is 95.6 Å². The molecule has 1 heterocycles. The summed E-state index contributed by atoms with van der Waals surface area (Å²) in [4.78, 5) is 12.3. The minimum Gasteiger partial charge on any atom is -0.496 e. The maximum atomic E-state index is 12.3. The number of hydrazone groups is 1. The highest BCUT2D eigenvalue weighted by atomic mass is 32.2. The van der Waals surface area contributed by atoms with Gasteiger partial charge in [0.2, 0.25) is 0 Å². The van der Waals surface area contributed by atoms with Crippen LogP contribution in [0.5, 0.6) is 5.75 Å². The predicted octanol–water partition coefficient (Wildman–Crippen LogP) is 4.85. The number of methoxy groups -OCH3 is 1. The lowest BCUT2D eigenvalue weighted by molar-refractivity contribution is -0.118. The van der Waals surface area contributed by atoms with E-state index in [-0.39, 0.29) is 11.7 Å². The minimum absolute atomic E-state index is 0.146. The molecule has 0 unspecified atom stereocenters. The second kappa shape index (κ2) is 11.6. The van der Waals surface area contributed by atoms with Gasteiger partial charge in [0, 0.05) is 23.0 Å². The highest BCUT2D eigenvalue weighted by molar-refractivity contribution is 7.99. The molecule has 0 fully saturated rings. The van der Waals surface area contributed by atoms with E-state index in [1.165, 1.54) is 18.0 Å². The summed E-state index contributed by atoms with van der Waals surface area (Å²) in [5.41, 5.74) is 5.33. The van der Waals surface area contributed by atoms with Crippen molar-refractivity contribution in [1.29, 1.82) is 0 Å². The third kappa shape index (κ3) is 5.79. The molecule has 0 spiro atoms. The Balaban J connectivity index is 1.40. The molecular weight excluding hydrogens is 446 g/mol. The lowest BCUT2D eigenvalue weighted by Gasteiger charge is -2.10. The molecule has 7 nitrogen and oxygen atoms in total. The Kier molecular flexibility index (Phi) is 7.86. The highest BCUT2D eigenvalue weighted by Crippen LogP contribution is 2.27. The molecule has 4 aromatic rings. The second-order valence-electron chi connectivity index (χ2n) is 7.05. The largest absolute Gasteiger partial charge is 0.496 e. The van der Waals surface area contributed by atoms with Crippen LogP contribution in [0, 0.1) is 0 Å². The smallest absolute Gasteiger partial charge is 0.250 e. The number of benzene rings is 3. The van der Waals surface area contributed by atoms with Crippen LogP contribution in [0.1, 0.15) is 5.56 Å². The molecule has 0 aliphatic carbocycles. The maximum absolute atomic E-state index is 12.3. The lowest BCUT2D eigenvalue weighted by Crippen LogP contribution is -2.19. The van der Waals surface area contributed by atoms with Gasteiger partial charge in [-0.25, -0.2) is 5.43 Å². The Morgan fingerprint density at radius 2 is 1.71 bits per heavy atom. The average Bonchev–Trinajstić information content (AvgIpc) is 3.32. The van der Waals surface area contributed by atoms with Gasteiger partial charge < -0.3 is 4.74 Å². The van der Waals surface area contributed by atoms with Gasteiger partial charge in [-0.05, 0) is 30.4 Å². The quantitative estimate of drug-likeness (QED) is 0.215. The van der Waals surface area contributed by atoms with E-state index in [4.69, 9.17) is 4.74 Å². The zero-order valence-corrected chi connectivity index (χ0v) is 19.4. The van der Waals surface area contributed by atoms with Gasteiger partial charge in [-0.1, -0.05) is 78.5 Å². The molecule has 3 aromatic carbocycles. The zero-order valence-electron chi connectivity index (χ0n) is 18.5. The third-order valence-electron chi connectivity index (χ3n) is 4.78. The summed E-state index contributed by atoms with van der Waals surface area (Å²) in [7, 11) is 1.63. The molecule has 8 heteroatoms. The van der Waals surface area contributed by atoms with Gasteiger partial charge >= 0.3 is 0 Å². The van der Waals surface area contributed by atoms with Crippen LogP contribution >= 0.6 is 11.8 Å². The molecule has 0 bridgehead atoms. The first-order valence-corrected chi connectivity index (χ1v) is 11.6. The molecular formula is C26H23N5O2S. The van der Waals surface area contributed by atoms with Crippen molar-refractivity contribution < 1.29 is 9.53 Å². The number of nitrogens with zero attached hydrogens (tertiary/aromatic N) is 4. The van der Waals surface area contributed by atoms with Gasteiger partial charge in [0.25, 0.3) is 5.91 Å². The van der Waals surface area contributed by atoms with Crippen molar-refractivity contribution in [2.45, 2.75) is 5.16 Å². The van der Waals surface area contributed by atoms with Crippen molar-refractivity contribution in [3.8, 4) is 22.8 Å². The van der Waals surface area contributed by atoms with E-state index in [2.05, 4.69) is 20.7 Å². The van der Waals surface area contributed by atoms with Crippen LogP contribution in [0.3, 0.4) is 0 Å². The molecule has 0 aliphatic heterocycles. The van der Waals surface area contributed by atoms with Gasteiger partial charge in [-0.3, -0.25) is 9.36 Å². The summed E-state index contributed by atoms with van der Waals surface area (Å²) in [6.45, 7) is 0. The van der Waals surface area contributed by atoms with Gasteiger partial charge in [0.1, 0.15) is 5.75 Å². The number of hydrogen-bond acceptors (Lipinski definition) is 6. The van der Waals surface area contributed by atoms with Crippen LogP contribution in [0.4, 0.5) is 0 Å². The van der Waals surface area contributed by atoms with Gasteiger partial charge in [-0.15, -0.1) is 10.2 Å². The van der Waals surface area contributed by atoms with Crippen molar-refractivity contribution in [3.05, 3.63) is 96.6 Å². The summed E-state index contributed by atoms with van der Waals surface area (Å²) in [5, 5.41) is 13.3. The van der Waals surface area contributed by atoms with Gasteiger partial charge in [0.15, 0.2) is 11.0 Å². The molecule has 1 N–H and O–H groups in total. The number of carbonyl (C=O) groups is 1. The van der Waals surface area contributed by atoms with E-state index in [0.29, 0.717) is 11.0 Å². The number of nitrogens with one attached hydrogen (secondary N) is 1. The van der Waals surface area contributed by atoms with E-state index in [0.717, 1.165) is 22.6 Å². The molecule has 34 heavy (non-hydrogen) atoms. The first kappa shape index (κ1) is 23.0. The fourth-order valence-corrected chi connectivity index (χ4v) is 3.96. The minimum atomic E-state index is -0.240. The number of hydrogen-bond donors (Lipinski definition) is 1. The van der Waals surface area contributed by atoms with E-state index in [1.54, 1.807) is 13.2 Å². The summed E-state index contributed by atoms with van der Waals surface area (Å²) in [6.07, 6.45) is 5.12. The molecule has 0 radical (unpaired) electrons. The molecule has 0 saturated carbocycles. The topological polar surface area (TPSA) is 81.4 Å². The van der Waals surface area contributed by atoms with E-state index < -0.39 is 0 Å². The first-order valence-electron chi connectivity index (χ1n) is 10.6. The predicted molar refractivity (Wildman–Crippen MR) is 136 cm³/mol. The number of thioether (sulfide) groups is 1.